The lowest BCUT2D eigenvalue weighted by Gasteiger charge is -2.34. The van der Waals surface area contributed by atoms with Crippen LogP contribution in [0, 0.1) is 0 Å². The first kappa shape index (κ1) is 33.9. The smallest absolute Gasteiger partial charge is 0.407 e. The summed E-state index contributed by atoms with van der Waals surface area (Å²) in [5, 5.41) is 5.22. The number of piperidine rings is 1. The van der Waals surface area contributed by atoms with Gasteiger partial charge in [0.05, 0.1) is 23.7 Å². The second-order valence-electron chi connectivity index (χ2n) is 13.2. The van der Waals surface area contributed by atoms with Crippen LogP contribution >= 0.6 is 0 Å². The van der Waals surface area contributed by atoms with Gasteiger partial charge in [-0.2, -0.15) is 0 Å². The van der Waals surface area contributed by atoms with Crippen molar-refractivity contribution in [1.82, 2.24) is 19.8 Å². The zero-order valence-electron chi connectivity index (χ0n) is 28.1. The number of aromatic nitrogens is 2. The Morgan fingerprint density at radius 1 is 1.02 bits per heavy atom. The van der Waals surface area contributed by atoms with Crippen molar-refractivity contribution >= 4 is 39.8 Å². The number of esters is 1. The average Bonchev–Trinajstić information content (AvgIpc) is 3.42. The summed E-state index contributed by atoms with van der Waals surface area (Å²) < 4.78 is 18.1. The number of rotatable bonds is 11. The summed E-state index contributed by atoms with van der Waals surface area (Å²) in [6, 6.07) is 19.4. The molecule has 2 heterocycles. The van der Waals surface area contributed by atoms with Gasteiger partial charge in [-0.1, -0.05) is 48.5 Å². The molecule has 1 unspecified atom stereocenters. The van der Waals surface area contributed by atoms with Crippen molar-refractivity contribution in [3.8, 4) is 0 Å². The molecule has 1 fully saturated rings. The van der Waals surface area contributed by atoms with Crippen LogP contribution in [0.1, 0.15) is 74.1 Å². The van der Waals surface area contributed by atoms with E-state index in [1.807, 2.05) is 56.0 Å². The van der Waals surface area contributed by atoms with Gasteiger partial charge in [-0.05, 0) is 74.9 Å². The number of imidazole rings is 1. The maximum absolute atomic E-state index is 13.9. The highest BCUT2D eigenvalue weighted by atomic mass is 16.6. The van der Waals surface area contributed by atoms with Crippen LogP contribution in [0.3, 0.4) is 0 Å². The van der Waals surface area contributed by atoms with E-state index in [0.717, 1.165) is 52.5 Å². The van der Waals surface area contributed by atoms with Gasteiger partial charge in [-0.15, -0.1) is 0 Å². The van der Waals surface area contributed by atoms with E-state index in [2.05, 4.69) is 34.1 Å². The molecule has 1 aromatic heterocycles. The van der Waals surface area contributed by atoms with Crippen LogP contribution in [0.4, 0.5) is 4.79 Å². The Labute approximate surface area is 276 Å². The fourth-order valence-corrected chi connectivity index (χ4v) is 6.44. The number of carbonyl (C=O) groups is 3. The summed E-state index contributed by atoms with van der Waals surface area (Å²) >= 11 is 0. The molecule has 1 aliphatic rings. The quantitative estimate of drug-likeness (QED) is 0.152. The molecule has 0 saturated carbocycles. The van der Waals surface area contributed by atoms with E-state index in [-0.39, 0.29) is 18.2 Å². The molecular formula is C37H46N4O6. The van der Waals surface area contributed by atoms with Crippen LogP contribution in [0.15, 0.2) is 60.7 Å². The molecule has 1 saturated heterocycles. The molecule has 0 radical (unpaired) electrons. The van der Waals surface area contributed by atoms with Gasteiger partial charge in [-0.3, -0.25) is 4.79 Å². The fourth-order valence-electron chi connectivity index (χ4n) is 6.44. The maximum Gasteiger partial charge on any atom is 0.407 e. The lowest BCUT2D eigenvalue weighted by molar-refractivity contribution is -0.133. The Kier molecular flexibility index (Phi) is 10.8. The lowest BCUT2D eigenvalue weighted by Crippen LogP contribution is -2.46. The maximum atomic E-state index is 13.9. The van der Waals surface area contributed by atoms with Crippen molar-refractivity contribution in [1.29, 1.82) is 0 Å². The number of para-hydroxylation sites is 1. The van der Waals surface area contributed by atoms with E-state index in [0.29, 0.717) is 38.2 Å². The Balaban J connectivity index is 1.37. The normalized spacial score (nSPS) is 15.9. The number of nitrogens with one attached hydrogen (secondary N) is 1. The summed E-state index contributed by atoms with van der Waals surface area (Å²) in [7, 11) is 3.05. The van der Waals surface area contributed by atoms with Crippen LogP contribution in [-0.2, 0) is 32.0 Å². The van der Waals surface area contributed by atoms with Gasteiger partial charge in [0.2, 0.25) is 5.91 Å². The van der Waals surface area contributed by atoms with Crippen molar-refractivity contribution in [2.24, 2.45) is 0 Å². The second-order valence-corrected chi connectivity index (χ2v) is 13.2. The van der Waals surface area contributed by atoms with Crippen LogP contribution < -0.4 is 5.32 Å². The number of hydrogen-bond acceptors (Lipinski definition) is 7. The van der Waals surface area contributed by atoms with Gasteiger partial charge in [0, 0.05) is 51.7 Å². The summed E-state index contributed by atoms with van der Waals surface area (Å²) in [6.07, 6.45) is 2.50. The van der Waals surface area contributed by atoms with Gasteiger partial charge in [0.15, 0.2) is 0 Å². The van der Waals surface area contributed by atoms with Gasteiger partial charge in [0.1, 0.15) is 11.4 Å². The number of fused-ring (bicyclic) bond motifs is 2. The number of alkyl carbamates (subject to hydrolysis) is 1. The molecular weight excluding hydrogens is 596 g/mol. The highest BCUT2D eigenvalue weighted by Gasteiger charge is 2.31. The molecule has 2 amide bonds. The number of nitrogens with zero attached hydrogens (tertiary/aromatic N) is 3. The molecule has 4 aromatic rings. The molecule has 2 atom stereocenters. The zero-order valence-corrected chi connectivity index (χ0v) is 28.1. The number of methoxy groups -OCH3 is 2. The van der Waals surface area contributed by atoms with E-state index < -0.39 is 23.7 Å². The number of likely N-dealkylation sites (tertiary alicyclic amines) is 1. The Bertz CT molecular complexity index is 1730. The van der Waals surface area contributed by atoms with E-state index in [9.17, 15) is 14.4 Å². The van der Waals surface area contributed by atoms with Crippen molar-refractivity contribution in [2.45, 2.75) is 77.0 Å². The molecule has 3 aromatic carbocycles. The second kappa shape index (κ2) is 15.0. The molecule has 0 spiro atoms. The van der Waals surface area contributed by atoms with Crippen LogP contribution in [0.5, 0.6) is 0 Å². The summed E-state index contributed by atoms with van der Waals surface area (Å²) in [4.78, 5) is 46.4. The Hall–Kier alpha value is -4.44. The van der Waals surface area contributed by atoms with E-state index in [4.69, 9.17) is 19.2 Å². The molecule has 10 nitrogen and oxygen atoms in total. The van der Waals surface area contributed by atoms with Gasteiger partial charge < -0.3 is 29.0 Å². The molecule has 250 valence electrons. The first-order valence-corrected chi connectivity index (χ1v) is 16.4. The first-order valence-electron chi connectivity index (χ1n) is 16.4. The monoisotopic (exact) mass is 642 g/mol. The SMILES string of the molecule is COCCCn1c(C2CCCN(C(=O)C[C@@H](Cc3ccc4ccccc4c3)NC(=O)OC(C)(C)C)C2)nc2cccc(C(=O)OC)c21. The fraction of sp³-hybridized carbons (Fsp3) is 0.459. The number of aryl methyl sites for hydroxylation is 1. The van der Waals surface area contributed by atoms with Gasteiger partial charge >= 0.3 is 12.1 Å². The summed E-state index contributed by atoms with van der Waals surface area (Å²) in [5.74, 6) is 0.384. The number of amides is 2. The van der Waals surface area contributed by atoms with Crippen LogP contribution in [0.25, 0.3) is 21.8 Å². The minimum atomic E-state index is -0.663. The molecule has 47 heavy (non-hydrogen) atoms. The Morgan fingerprint density at radius 3 is 2.55 bits per heavy atom. The third-order valence-corrected chi connectivity index (χ3v) is 8.51. The minimum absolute atomic E-state index is 0.0223. The number of hydrogen-bond donors (Lipinski definition) is 1. The molecule has 0 bridgehead atoms. The Morgan fingerprint density at radius 2 is 1.81 bits per heavy atom. The van der Waals surface area contributed by atoms with E-state index in [1.54, 1.807) is 13.2 Å². The number of ether oxygens (including phenoxy) is 3. The highest BCUT2D eigenvalue weighted by molar-refractivity contribution is 6.02. The number of carbonyl (C=O) groups excluding carboxylic acids is 3. The molecule has 1 aliphatic heterocycles. The van der Waals surface area contributed by atoms with Gasteiger partial charge in [-0.25, -0.2) is 14.6 Å². The predicted octanol–water partition coefficient (Wildman–Crippen LogP) is 6.24. The zero-order chi connectivity index (χ0) is 33.6. The third kappa shape index (κ3) is 8.48. The van der Waals surface area contributed by atoms with E-state index >= 15 is 0 Å². The van der Waals surface area contributed by atoms with Crippen molar-refractivity contribution in [2.75, 3.05) is 33.9 Å². The molecule has 0 aliphatic carbocycles. The summed E-state index contributed by atoms with van der Waals surface area (Å²) in [5.41, 5.74) is 2.30. The van der Waals surface area contributed by atoms with Crippen LogP contribution in [-0.4, -0.2) is 78.0 Å². The standard InChI is InChI=1S/C37H46N4O6/c1-37(2,3)47-36(44)38-29(22-25-16-17-26-11-6-7-12-27(26)21-25)23-32(42)40-18-9-13-28(24-40)34-39-31-15-8-14-30(35(43)46-5)33(31)41(34)19-10-20-45-4/h6-8,11-12,14-17,21,28-29H,9-10,13,18-20,22-24H2,1-5H3,(H,38,44)/t28?,29-/m1/s1. The van der Waals surface area contributed by atoms with E-state index in [1.165, 1.54) is 7.11 Å². The average molecular weight is 643 g/mol. The van der Waals surface area contributed by atoms with Crippen molar-refractivity contribution in [3.63, 3.8) is 0 Å². The minimum Gasteiger partial charge on any atom is -0.465 e. The van der Waals surface area contributed by atoms with Crippen LogP contribution in [0.2, 0.25) is 0 Å². The molecule has 10 heteroatoms. The van der Waals surface area contributed by atoms with Crippen molar-refractivity contribution < 1.29 is 28.6 Å². The topological polar surface area (TPSA) is 112 Å². The number of benzene rings is 3. The first-order chi connectivity index (χ1) is 22.6. The molecule has 5 rings (SSSR count). The largest absolute Gasteiger partial charge is 0.465 e. The van der Waals surface area contributed by atoms with Crippen molar-refractivity contribution in [3.05, 3.63) is 77.6 Å². The predicted molar refractivity (Wildman–Crippen MR) is 182 cm³/mol. The third-order valence-electron chi connectivity index (χ3n) is 8.51. The lowest BCUT2D eigenvalue weighted by atomic mass is 9.95. The van der Waals surface area contributed by atoms with Gasteiger partial charge in [0.25, 0.3) is 0 Å². The molecule has 1 N–H and O–H groups in total. The summed E-state index contributed by atoms with van der Waals surface area (Å²) in [6.45, 7) is 7.77. The highest BCUT2D eigenvalue weighted by Crippen LogP contribution is 2.32.